The number of nitrogens with zero attached hydrogens (tertiary/aromatic N) is 7. The van der Waals surface area contributed by atoms with E-state index in [1.807, 2.05) is 43.6 Å². The number of hydrogen-bond acceptors (Lipinski definition) is 14. The first-order valence-corrected chi connectivity index (χ1v) is 25.9. The minimum Gasteiger partial charge on any atom is -0.464 e. The van der Waals surface area contributed by atoms with Crippen LogP contribution in [0.4, 0.5) is 5.69 Å². The number of piperazine rings is 1. The van der Waals surface area contributed by atoms with Gasteiger partial charge in [0, 0.05) is 110 Å². The molecule has 2 N–H and O–H groups in total. The summed E-state index contributed by atoms with van der Waals surface area (Å²) in [5, 5.41) is 8.16. The van der Waals surface area contributed by atoms with Crippen LogP contribution in [-0.2, 0) is 46.3 Å². The van der Waals surface area contributed by atoms with Crippen LogP contribution in [0, 0.1) is 11.3 Å². The second kappa shape index (κ2) is 21.2. The highest BCUT2D eigenvalue weighted by Crippen LogP contribution is 2.47. The van der Waals surface area contributed by atoms with Gasteiger partial charge in [0.05, 0.1) is 54.4 Å². The number of fused-ring (bicyclic) bond motifs is 6. The molecule has 7 heterocycles. The number of cyclic esters (lactones) is 1. The van der Waals surface area contributed by atoms with Gasteiger partial charge in [-0.3, -0.25) is 29.4 Å². The summed E-state index contributed by atoms with van der Waals surface area (Å²) in [5.74, 6) is -1.50. The lowest BCUT2D eigenvalue weighted by molar-refractivity contribution is -0.156. The number of carbonyl (C=O) groups is 3. The summed E-state index contributed by atoms with van der Waals surface area (Å²) in [7, 11) is 3.88. The Morgan fingerprint density at radius 3 is 2.61 bits per heavy atom. The van der Waals surface area contributed by atoms with Crippen LogP contribution in [0.5, 0.6) is 0 Å². The lowest BCUT2D eigenvalue weighted by Gasteiger charge is -2.37. The maximum absolute atomic E-state index is 14.9. The van der Waals surface area contributed by atoms with E-state index < -0.39 is 35.5 Å². The molecule has 374 valence electrons. The third kappa shape index (κ3) is 10.7. The van der Waals surface area contributed by atoms with Gasteiger partial charge in [-0.1, -0.05) is 26.0 Å². The topological polar surface area (TPSA) is 166 Å². The second-order valence-corrected chi connectivity index (χ2v) is 21.2. The SMILES string of the molecule is CCO[C@@H]1c2nc(cs2)-c2ccc3c(c2)c(c(-c2cc(N4CCN(C)CC4)cnc2[C@H](C)OC)n3CCOC(C)C)CC(C)(C)COC(=O)[C@@H]2CCCN(N2)C(=O)[C@H]1NC(=O)[C@@H]1C[C@H]1c1ccccn1. The first kappa shape index (κ1) is 49.7. The van der Waals surface area contributed by atoms with Gasteiger partial charge in [-0.25, -0.2) is 10.4 Å². The van der Waals surface area contributed by atoms with Crippen LogP contribution >= 0.6 is 11.3 Å². The van der Waals surface area contributed by atoms with Crippen molar-refractivity contribution in [2.24, 2.45) is 11.3 Å². The van der Waals surface area contributed by atoms with Crippen LogP contribution in [0.25, 0.3) is 33.4 Å². The number of ether oxygens (including phenoxy) is 4. The average molecular weight is 976 g/mol. The van der Waals surface area contributed by atoms with Gasteiger partial charge in [0.25, 0.3) is 5.91 Å². The van der Waals surface area contributed by atoms with Crippen LogP contribution in [0.1, 0.15) is 101 Å². The second-order valence-electron chi connectivity index (χ2n) is 20.3. The fourth-order valence-electron chi connectivity index (χ4n) is 10.2. The molecule has 2 amide bonds. The summed E-state index contributed by atoms with van der Waals surface area (Å²) in [5.41, 5.74) is 11.1. The normalized spacial score (nSPS) is 23.6. The van der Waals surface area contributed by atoms with E-state index in [4.69, 9.17) is 28.9 Å². The quantitative estimate of drug-likeness (QED) is 0.115. The van der Waals surface area contributed by atoms with Crippen molar-refractivity contribution in [1.29, 1.82) is 0 Å². The Morgan fingerprint density at radius 2 is 1.87 bits per heavy atom. The summed E-state index contributed by atoms with van der Waals surface area (Å²) in [4.78, 5) is 62.8. The molecule has 3 aliphatic heterocycles. The number of methoxy groups -OCH3 is 1. The molecule has 1 aromatic carbocycles. The molecule has 5 aromatic rings. The number of carbonyl (C=O) groups excluding carboxylic acids is 3. The summed E-state index contributed by atoms with van der Waals surface area (Å²) >= 11 is 1.40. The van der Waals surface area contributed by atoms with Gasteiger partial charge in [-0.2, -0.15) is 0 Å². The van der Waals surface area contributed by atoms with Gasteiger partial charge in [0.1, 0.15) is 23.2 Å². The van der Waals surface area contributed by atoms with Crippen LogP contribution in [-0.4, -0.2) is 132 Å². The van der Waals surface area contributed by atoms with E-state index in [9.17, 15) is 14.4 Å². The average Bonchev–Trinajstić information content (AvgIpc) is 3.93. The minimum atomic E-state index is -1.14. The molecule has 3 fully saturated rings. The number of thiazole rings is 1. The van der Waals surface area contributed by atoms with E-state index in [0.717, 1.165) is 82.2 Å². The molecule has 0 unspecified atom stereocenters. The molecule has 4 aromatic heterocycles. The Hall–Kier alpha value is -5.30. The smallest absolute Gasteiger partial charge is 0.324 e. The van der Waals surface area contributed by atoms with Crippen molar-refractivity contribution in [2.45, 2.75) is 110 Å². The first-order valence-electron chi connectivity index (χ1n) is 25.0. The minimum absolute atomic E-state index is 0.0397. The third-order valence-corrected chi connectivity index (χ3v) is 15.1. The van der Waals surface area contributed by atoms with Gasteiger partial charge in [-0.15, -0.1) is 11.3 Å². The van der Waals surface area contributed by atoms with Crippen molar-refractivity contribution in [3.8, 4) is 22.5 Å². The maximum atomic E-state index is 14.9. The fourth-order valence-corrected chi connectivity index (χ4v) is 11.1. The number of esters is 1. The molecule has 70 heavy (non-hydrogen) atoms. The third-order valence-electron chi connectivity index (χ3n) is 14.2. The van der Waals surface area contributed by atoms with Gasteiger partial charge in [0.2, 0.25) is 5.91 Å². The highest BCUT2D eigenvalue weighted by atomic mass is 32.1. The molecular formula is C53H69N9O7S. The Kier molecular flexibility index (Phi) is 15.0. The van der Waals surface area contributed by atoms with Gasteiger partial charge in [-0.05, 0) is 96.3 Å². The number of benzene rings is 1. The van der Waals surface area contributed by atoms with Crippen molar-refractivity contribution in [2.75, 3.05) is 71.6 Å². The standard InChI is InChI=1S/C53H69N9O7S/c1-9-67-48-46(57-49(63)38-27-36(38)41-13-10-11-17-54-41)51(64)62-18-12-14-42(58-62)52(65)69-31-53(5,6)28-40-37-25-34(43-30-70-50(48)56-43)15-16-44(37)61(23-24-68-32(2)3)47(40)39-26-35(29-55-45(39)33(4)66-8)60-21-19-59(7)20-22-60/h10-11,13,15-17,25-26,29-30,32-33,36,38,42,46,48,58H,9,12,14,18-24,27-28,31H2,1-8H3,(H,57,63)/t33-,36+,38+,42-,46-,48-/m0/s1. The Labute approximate surface area is 415 Å². The predicted molar refractivity (Wildman–Crippen MR) is 270 cm³/mol. The predicted octanol–water partition coefficient (Wildman–Crippen LogP) is 7.09. The van der Waals surface area contributed by atoms with E-state index in [1.165, 1.54) is 16.3 Å². The molecule has 1 saturated carbocycles. The fraction of sp³-hybridized carbons (Fsp3) is 0.547. The van der Waals surface area contributed by atoms with E-state index in [-0.39, 0.29) is 43.2 Å². The number of hydrogen-bond donors (Lipinski definition) is 2. The van der Waals surface area contributed by atoms with E-state index in [2.05, 4.69) is 89.1 Å². The zero-order valence-electron chi connectivity index (χ0n) is 41.9. The Balaban J connectivity index is 1.19. The van der Waals surface area contributed by atoms with Crippen molar-refractivity contribution < 1.29 is 33.3 Å². The number of aromatic nitrogens is 4. The van der Waals surface area contributed by atoms with Crippen LogP contribution in [0.15, 0.2) is 60.2 Å². The van der Waals surface area contributed by atoms with Crippen molar-refractivity contribution in [3.05, 3.63) is 82.2 Å². The number of nitrogens with one attached hydrogen (secondary N) is 2. The Bertz CT molecular complexity index is 2660. The number of anilines is 1. The zero-order valence-corrected chi connectivity index (χ0v) is 42.7. The van der Waals surface area contributed by atoms with Crippen molar-refractivity contribution >= 4 is 45.7 Å². The molecule has 1 aliphatic carbocycles. The molecule has 4 aliphatic rings. The molecule has 16 nitrogen and oxygen atoms in total. The van der Waals surface area contributed by atoms with Crippen LogP contribution < -0.4 is 15.6 Å². The monoisotopic (exact) mass is 976 g/mol. The summed E-state index contributed by atoms with van der Waals surface area (Å²) in [6.07, 6.45) is 4.73. The molecule has 2 saturated heterocycles. The van der Waals surface area contributed by atoms with Gasteiger partial charge in [0.15, 0.2) is 0 Å². The van der Waals surface area contributed by atoms with Crippen molar-refractivity contribution in [3.63, 3.8) is 0 Å². The zero-order chi connectivity index (χ0) is 49.3. The van der Waals surface area contributed by atoms with Gasteiger partial charge < -0.3 is 38.6 Å². The highest BCUT2D eigenvalue weighted by molar-refractivity contribution is 7.10. The summed E-state index contributed by atoms with van der Waals surface area (Å²) < 4.78 is 27.4. The molecule has 0 radical (unpaired) electrons. The molecule has 9 rings (SSSR count). The van der Waals surface area contributed by atoms with Crippen molar-refractivity contribution in [1.82, 2.24) is 40.2 Å². The largest absolute Gasteiger partial charge is 0.464 e. The number of rotatable bonds is 13. The number of pyridine rings is 2. The lowest BCUT2D eigenvalue weighted by atomic mass is 9.84. The lowest BCUT2D eigenvalue weighted by Crippen LogP contribution is -2.61. The summed E-state index contributed by atoms with van der Waals surface area (Å²) in [6.45, 7) is 17.7. The highest BCUT2D eigenvalue weighted by Gasteiger charge is 2.48. The first-order chi connectivity index (χ1) is 33.7. The number of likely N-dealkylation sites (N-methyl/N-ethyl adjacent to an activating group) is 1. The molecule has 6 bridgehead atoms. The number of hydrazine groups is 1. The van der Waals surface area contributed by atoms with Gasteiger partial charge >= 0.3 is 5.97 Å². The van der Waals surface area contributed by atoms with Crippen LogP contribution in [0.2, 0.25) is 0 Å². The molecular weight excluding hydrogens is 907 g/mol. The molecule has 0 spiro atoms. The van der Waals surface area contributed by atoms with E-state index in [0.29, 0.717) is 50.4 Å². The molecule has 6 atom stereocenters. The summed E-state index contributed by atoms with van der Waals surface area (Å²) in [6, 6.07) is 12.5. The van der Waals surface area contributed by atoms with Crippen LogP contribution in [0.3, 0.4) is 0 Å². The Morgan fingerprint density at radius 1 is 1.06 bits per heavy atom. The maximum Gasteiger partial charge on any atom is 0.324 e. The molecule has 17 heteroatoms. The van der Waals surface area contributed by atoms with E-state index in [1.54, 1.807) is 13.3 Å². The number of amides is 2. The van der Waals surface area contributed by atoms with E-state index >= 15 is 0 Å².